The van der Waals surface area contributed by atoms with Crippen LogP contribution in [-0.4, -0.2) is 57.7 Å². The first-order valence-corrected chi connectivity index (χ1v) is 9.33. The minimum absolute atomic E-state index is 0.120. The Morgan fingerprint density at radius 1 is 1.12 bits per heavy atom. The molecule has 1 aromatic carbocycles. The highest BCUT2D eigenvalue weighted by Gasteiger charge is 2.31. The number of carbonyl (C=O) groups is 1. The smallest absolute Gasteiger partial charge is 0.253 e. The van der Waals surface area contributed by atoms with Gasteiger partial charge in [-0.25, -0.2) is 4.68 Å². The molecule has 0 bridgehead atoms. The number of hydrogen-bond donors (Lipinski definition) is 0. The molecule has 4 rings (SSSR count). The summed E-state index contributed by atoms with van der Waals surface area (Å²) in [4.78, 5) is 17.4. The van der Waals surface area contributed by atoms with Crippen molar-refractivity contribution in [3.63, 3.8) is 0 Å². The number of hydrogen-bond acceptors (Lipinski definition) is 3. The second-order valence-electron chi connectivity index (χ2n) is 7.27. The summed E-state index contributed by atoms with van der Waals surface area (Å²) in [7, 11) is 1.95. The quantitative estimate of drug-likeness (QED) is 0.861. The number of amides is 1. The predicted molar refractivity (Wildman–Crippen MR) is 97.9 cm³/mol. The van der Waals surface area contributed by atoms with E-state index in [1.165, 1.54) is 19.3 Å². The average molecular weight is 338 g/mol. The van der Waals surface area contributed by atoms with Gasteiger partial charge >= 0.3 is 0 Å². The Bertz CT molecular complexity index is 698. The van der Waals surface area contributed by atoms with Crippen LogP contribution in [0.25, 0.3) is 5.69 Å². The maximum absolute atomic E-state index is 12.8. The molecule has 25 heavy (non-hydrogen) atoms. The molecule has 2 aliphatic rings. The fourth-order valence-corrected chi connectivity index (χ4v) is 3.94. The summed E-state index contributed by atoms with van der Waals surface area (Å²) in [5.41, 5.74) is 1.72. The van der Waals surface area contributed by atoms with Gasteiger partial charge in [0.2, 0.25) is 0 Å². The highest BCUT2D eigenvalue weighted by molar-refractivity contribution is 5.94. The van der Waals surface area contributed by atoms with Crippen LogP contribution < -0.4 is 0 Å². The molecular weight excluding hydrogens is 312 g/mol. The van der Waals surface area contributed by atoms with Crippen molar-refractivity contribution >= 4 is 5.91 Å². The molecule has 0 N–H and O–H groups in total. The number of aromatic nitrogens is 2. The lowest BCUT2D eigenvalue weighted by atomic mass is 9.89. The van der Waals surface area contributed by atoms with Crippen molar-refractivity contribution in [3.8, 4) is 5.69 Å². The van der Waals surface area contributed by atoms with Crippen molar-refractivity contribution in [2.75, 3.05) is 20.1 Å². The fourth-order valence-electron chi connectivity index (χ4n) is 3.94. The molecule has 1 aliphatic carbocycles. The van der Waals surface area contributed by atoms with Crippen LogP contribution in [-0.2, 0) is 0 Å². The van der Waals surface area contributed by atoms with Crippen LogP contribution >= 0.6 is 0 Å². The molecule has 132 valence electrons. The number of nitrogens with zero attached hydrogens (tertiary/aromatic N) is 4. The lowest BCUT2D eigenvalue weighted by Crippen LogP contribution is -2.50. The summed E-state index contributed by atoms with van der Waals surface area (Å²) in [6, 6.07) is 10.8. The van der Waals surface area contributed by atoms with Crippen molar-refractivity contribution in [2.45, 2.75) is 44.2 Å². The van der Waals surface area contributed by atoms with E-state index in [-0.39, 0.29) is 5.91 Å². The summed E-state index contributed by atoms with van der Waals surface area (Å²) in [5.74, 6) is 0.120. The summed E-state index contributed by atoms with van der Waals surface area (Å²) in [5, 5.41) is 4.22. The summed E-state index contributed by atoms with van der Waals surface area (Å²) in [6.45, 7) is 2.26. The van der Waals surface area contributed by atoms with Crippen molar-refractivity contribution in [1.82, 2.24) is 19.6 Å². The van der Waals surface area contributed by atoms with Crippen LogP contribution in [0.15, 0.2) is 42.7 Å². The molecule has 0 spiro atoms. The number of carbonyl (C=O) groups excluding carboxylic acids is 1. The summed E-state index contributed by atoms with van der Waals surface area (Å²) >= 11 is 0. The lowest BCUT2D eigenvalue weighted by Gasteiger charge is -2.43. The van der Waals surface area contributed by atoms with Crippen molar-refractivity contribution in [3.05, 3.63) is 48.3 Å². The molecule has 1 saturated heterocycles. The van der Waals surface area contributed by atoms with Crippen LogP contribution in [0.5, 0.6) is 0 Å². The third kappa shape index (κ3) is 3.33. The number of rotatable bonds is 4. The largest absolute Gasteiger partial charge is 0.339 e. The van der Waals surface area contributed by atoms with E-state index in [2.05, 4.69) is 10.00 Å². The molecule has 0 unspecified atom stereocenters. The van der Waals surface area contributed by atoms with E-state index < -0.39 is 0 Å². The Hall–Kier alpha value is -2.14. The van der Waals surface area contributed by atoms with E-state index in [0.717, 1.165) is 43.2 Å². The van der Waals surface area contributed by atoms with Gasteiger partial charge in [0.05, 0.1) is 5.69 Å². The average Bonchev–Trinajstić information content (AvgIpc) is 3.14. The van der Waals surface area contributed by atoms with Gasteiger partial charge in [-0.2, -0.15) is 5.10 Å². The Balaban J connectivity index is 1.37. The molecule has 1 amide bonds. The molecule has 0 radical (unpaired) electrons. The van der Waals surface area contributed by atoms with Gasteiger partial charge < -0.3 is 9.80 Å². The highest BCUT2D eigenvalue weighted by Crippen LogP contribution is 2.28. The van der Waals surface area contributed by atoms with Gasteiger partial charge in [0.15, 0.2) is 0 Å². The third-order valence-electron chi connectivity index (χ3n) is 5.84. The first kappa shape index (κ1) is 16.3. The van der Waals surface area contributed by atoms with E-state index in [9.17, 15) is 4.79 Å². The molecular formula is C20H26N4O. The van der Waals surface area contributed by atoms with E-state index in [4.69, 9.17) is 0 Å². The molecule has 5 heteroatoms. The first-order chi connectivity index (χ1) is 12.2. The van der Waals surface area contributed by atoms with Gasteiger partial charge in [-0.1, -0.05) is 6.42 Å². The molecule has 2 heterocycles. The van der Waals surface area contributed by atoms with Crippen molar-refractivity contribution in [1.29, 1.82) is 0 Å². The Morgan fingerprint density at radius 2 is 1.84 bits per heavy atom. The fraction of sp³-hybridized carbons (Fsp3) is 0.500. The zero-order valence-corrected chi connectivity index (χ0v) is 14.8. The van der Waals surface area contributed by atoms with E-state index >= 15 is 0 Å². The number of likely N-dealkylation sites (tertiary alicyclic amines) is 1. The minimum atomic E-state index is 0.120. The predicted octanol–water partition coefficient (Wildman–Crippen LogP) is 2.96. The van der Waals surface area contributed by atoms with Gasteiger partial charge in [-0.05, 0) is 56.0 Å². The van der Waals surface area contributed by atoms with Gasteiger partial charge in [-0.15, -0.1) is 0 Å². The standard InChI is InChI=1S/C20H26N4O/c1-22(17-10-14-23(15-11-17)18-4-2-5-18)20(25)16-6-8-19(9-7-16)24-13-3-12-21-24/h3,6-9,12-13,17-18H,2,4-5,10-11,14-15H2,1H3. The second-order valence-corrected chi connectivity index (χ2v) is 7.27. The van der Waals surface area contributed by atoms with Crippen LogP contribution in [0.2, 0.25) is 0 Å². The van der Waals surface area contributed by atoms with Gasteiger partial charge in [-0.3, -0.25) is 4.79 Å². The van der Waals surface area contributed by atoms with E-state index in [1.54, 1.807) is 10.9 Å². The molecule has 1 aliphatic heterocycles. The Labute approximate surface area is 149 Å². The van der Waals surface area contributed by atoms with Crippen LogP contribution in [0.1, 0.15) is 42.5 Å². The van der Waals surface area contributed by atoms with Crippen molar-refractivity contribution in [2.24, 2.45) is 0 Å². The summed E-state index contributed by atoms with van der Waals surface area (Å²) in [6.07, 6.45) is 9.94. The zero-order chi connectivity index (χ0) is 17.2. The minimum Gasteiger partial charge on any atom is -0.339 e. The number of piperidine rings is 1. The molecule has 1 saturated carbocycles. The molecule has 0 atom stereocenters. The highest BCUT2D eigenvalue weighted by atomic mass is 16.2. The van der Waals surface area contributed by atoms with Crippen molar-refractivity contribution < 1.29 is 4.79 Å². The summed E-state index contributed by atoms with van der Waals surface area (Å²) < 4.78 is 1.80. The lowest BCUT2D eigenvalue weighted by molar-refractivity contribution is 0.0499. The van der Waals surface area contributed by atoms with Gasteiger partial charge in [0.25, 0.3) is 5.91 Å². The number of benzene rings is 1. The second kappa shape index (κ2) is 7.00. The van der Waals surface area contributed by atoms with Gasteiger partial charge in [0, 0.05) is 50.2 Å². The molecule has 2 fully saturated rings. The Kier molecular flexibility index (Phi) is 4.57. The van der Waals surface area contributed by atoms with Gasteiger partial charge in [0.1, 0.15) is 0 Å². The zero-order valence-electron chi connectivity index (χ0n) is 14.8. The molecule has 2 aromatic rings. The maximum Gasteiger partial charge on any atom is 0.253 e. The SMILES string of the molecule is CN(C(=O)c1ccc(-n2cccn2)cc1)C1CCN(C2CCC2)CC1. The van der Waals surface area contributed by atoms with Crippen LogP contribution in [0.4, 0.5) is 0 Å². The monoisotopic (exact) mass is 338 g/mol. The normalized spacial score (nSPS) is 19.6. The Morgan fingerprint density at radius 3 is 2.40 bits per heavy atom. The van der Waals surface area contributed by atoms with E-state index in [0.29, 0.717) is 6.04 Å². The maximum atomic E-state index is 12.8. The van der Waals surface area contributed by atoms with E-state index in [1.807, 2.05) is 48.5 Å². The molecule has 1 aromatic heterocycles. The van der Waals surface area contributed by atoms with Crippen LogP contribution in [0.3, 0.4) is 0 Å². The van der Waals surface area contributed by atoms with Crippen LogP contribution in [0, 0.1) is 0 Å². The third-order valence-corrected chi connectivity index (χ3v) is 5.84. The molecule has 5 nitrogen and oxygen atoms in total. The topological polar surface area (TPSA) is 41.4 Å². The first-order valence-electron chi connectivity index (χ1n) is 9.33.